The molecule has 1 atom stereocenters. The van der Waals surface area contributed by atoms with Gasteiger partial charge in [-0.15, -0.1) is 0 Å². The molecule has 0 bridgehead atoms. The third-order valence-electron chi connectivity index (χ3n) is 4.33. The quantitative estimate of drug-likeness (QED) is 0.736. The van der Waals surface area contributed by atoms with Crippen LogP contribution >= 0.6 is 0 Å². The summed E-state index contributed by atoms with van der Waals surface area (Å²) >= 11 is 0. The fraction of sp³-hybridized carbons (Fsp3) is 0.409. The summed E-state index contributed by atoms with van der Waals surface area (Å²) < 4.78 is 10.8. The van der Waals surface area contributed by atoms with Crippen LogP contribution < -0.4 is 15.8 Å². The first-order chi connectivity index (χ1) is 12.6. The molecule has 5 heteroatoms. The number of anilines is 1. The molecule has 3 N–H and O–H groups in total. The van der Waals surface area contributed by atoms with Crippen LogP contribution in [-0.4, -0.2) is 25.3 Å². The largest absolute Gasteiger partial charge is 0.496 e. The van der Waals surface area contributed by atoms with Crippen molar-refractivity contribution in [1.29, 1.82) is 0 Å². The van der Waals surface area contributed by atoms with Crippen LogP contribution in [0.25, 0.3) is 11.1 Å². The van der Waals surface area contributed by atoms with Crippen LogP contribution in [0.4, 0.5) is 10.5 Å². The van der Waals surface area contributed by atoms with E-state index in [1.165, 1.54) is 0 Å². The second kappa shape index (κ2) is 8.33. The van der Waals surface area contributed by atoms with Gasteiger partial charge in [0.15, 0.2) is 0 Å². The minimum atomic E-state index is -0.496. The van der Waals surface area contributed by atoms with Crippen LogP contribution in [-0.2, 0) is 4.74 Å². The Bertz CT molecular complexity index is 792. The molecule has 0 saturated heterocycles. The fourth-order valence-electron chi connectivity index (χ4n) is 2.75. The standard InChI is InChI=1S/C22H30N2O3/c1-14-11-20(26-6)18(12-19(14)23)17-9-7-16(8-10-17)15(2)13-24-21(25)27-22(3,4)5/h7-12,15H,13,23H2,1-6H3,(H,24,25)/t15-/m0/s1. The Kier molecular flexibility index (Phi) is 6.37. The van der Waals surface area contributed by atoms with Crippen LogP contribution in [0.5, 0.6) is 5.75 Å². The van der Waals surface area contributed by atoms with Crippen molar-refractivity contribution in [2.24, 2.45) is 0 Å². The molecule has 0 aromatic heterocycles. The van der Waals surface area contributed by atoms with Gasteiger partial charge in [-0.3, -0.25) is 0 Å². The Balaban J connectivity index is 2.09. The molecule has 0 aliphatic carbocycles. The molecule has 0 spiro atoms. The van der Waals surface area contributed by atoms with E-state index in [4.69, 9.17) is 15.2 Å². The van der Waals surface area contributed by atoms with Crippen LogP contribution in [0.3, 0.4) is 0 Å². The Hall–Kier alpha value is -2.69. The number of alkyl carbamates (subject to hydrolysis) is 1. The van der Waals surface area contributed by atoms with Crippen molar-refractivity contribution < 1.29 is 14.3 Å². The smallest absolute Gasteiger partial charge is 0.407 e. The number of ether oxygens (including phenoxy) is 2. The highest BCUT2D eigenvalue weighted by atomic mass is 16.6. The van der Waals surface area contributed by atoms with Crippen molar-refractivity contribution in [1.82, 2.24) is 5.32 Å². The third-order valence-corrected chi connectivity index (χ3v) is 4.33. The van der Waals surface area contributed by atoms with Gasteiger partial charge in [-0.1, -0.05) is 31.2 Å². The van der Waals surface area contributed by atoms with E-state index in [-0.39, 0.29) is 5.92 Å². The van der Waals surface area contributed by atoms with E-state index in [1.54, 1.807) is 7.11 Å². The average Bonchev–Trinajstić information content (AvgIpc) is 2.60. The fourth-order valence-corrected chi connectivity index (χ4v) is 2.75. The van der Waals surface area contributed by atoms with Crippen molar-refractivity contribution in [3.63, 3.8) is 0 Å². The van der Waals surface area contributed by atoms with Crippen LogP contribution in [0.2, 0.25) is 0 Å². The van der Waals surface area contributed by atoms with Gasteiger partial charge in [0.25, 0.3) is 0 Å². The van der Waals surface area contributed by atoms with E-state index >= 15 is 0 Å². The van der Waals surface area contributed by atoms with Crippen molar-refractivity contribution in [2.75, 3.05) is 19.4 Å². The minimum absolute atomic E-state index is 0.163. The van der Waals surface area contributed by atoms with E-state index < -0.39 is 11.7 Å². The normalized spacial score (nSPS) is 12.4. The van der Waals surface area contributed by atoms with Gasteiger partial charge in [0.2, 0.25) is 0 Å². The molecule has 0 unspecified atom stereocenters. The number of carbonyl (C=O) groups excluding carboxylic acids is 1. The highest BCUT2D eigenvalue weighted by Gasteiger charge is 2.17. The third kappa shape index (κ3) is 5.64. The predicted octanol–water partition coefficient (Wildman–Crippen LogP) is 4.88. The first-order valence-corrected chi connectivity index (χ1v) is 9.12. The summed E-state index contributed by atoms with van der Waals surface area (Å²) in [6.45, 7) is 10.1. The Morgan fingerprint density at radius 3 is 2.37 bits per heavy atom. The zero-order valence-corrected chi connectivity index (χ0v) is 17.1. The van der Waals surface area contributed by atoms with Gasteiger partial charge < -0.3 is 20.5 Å². The van der Waals surface area contributed by atoms with Crippen LogP contribution in [0, 0.1) is 6.92 Å². The number of aryl methyl sites for hydroxylation is 1. The molecular formula is C22H30N2O3. The maximum Gasteiger partial charge on any atom is 0.407 e. The summed E-state index contributed by atoms with van der Waals surface area (Å²) in [4.78, 5) is 11.8. The van der Waals surface area contributed by atoms with E-state index in [0.717, 1.165) is 33.7 Å². The van der Waals surface area contributed by atoms with Gasteiger partial charge in [0, 0.05) is 17.8 Å². The molecule has 146 valence electrons. The van der Waals surface area contributed by atoms with Crippen molar-refractivity contribution in [3.05, 3.63) is 47.5 Å². The molecule has 2 aromatic rings. The second-order valence-corrected chi connectivity index (χ2v) is 7.81. The Labute approximate surface area is 161 Å². The van der Waals surface area contributed by atoms with Crippen molar-refractivity contribution in [3.8, 4) is 16.9 Å². The molecule has 27 heavy (non-hydrogen) atoms. The van der Waals surface area contributed by atoms with E-state index in [0.29, 0.717) is 6.54 Å². The zero-order chi connectivity index (χ0) is 20.2. The number of nitrogens with two attached hydrogens (primary N) is 1. The van der Waals surface area contributed by atoms with E-state index in [2.05, 4.69) is 24.4 Å². The minimum Gasteiger partial charge on any atom is -0.496 e. The number of nitrogen functional groups attached to an aromatic ring is 1. The summed E-state index contributed by atoms with van der Waals surface area (Å²) in [7, 11) is 1.66. The number of hydrogen-bond acceptors (Lipinski definition) is 4. The molecule has 2 aromatic carbocycles. The summed E-state index contributed by atoms with van der Waals surface area (Å²) in [5.74, 6) is 0.964. The summed E-state index contributed by atoms with van der Waals surface area (Å²) in [5.41, 5.74) is 10.4. The lowest BCUT2D eigenvalue weighted by Crippen LogP contribution is -2.34. The topological polar surface area (TPSA) is 73.6 Å². The van der Waals surface area contributed by atoms with Crippen molar-refractivity contribution >= 4 is 11.8 Å². The van der Waals surface area contributed by atoms with Gasteiger partial charge in [0.1, 0.15) is 11.4 Å². The lowest BCUT2D eigenvalue weighted by Gasteiger charge is -2.21. The SMILES string of the molecule is COc1cc(C)c(N)cc1-c1ccc([C@@H](C)CNC(=O)OC(C)(C)C)cc1. The van der Waals surface area contributed by atoms with E-state index in [1.807, 2.05) is 52.0 Å². The number of methoxy groups -OCH3 is 1. The lowest BCUT2D eigenvalue weighted by atomic mass is 9.96. The number of amides is 1. The van der Waals surface area contributed by atoms with Crippen molar-refractivity contribution in [2.45, 2.75) is 46.1 Å². The molecule has 0 saturated carbocycles. The Morgan fingerprint density at radius 1 is 1.19 bits per heavy atom. The first-order valence-electron chi connectivity index (χ1n) is 9.12. The maximum atomic E-state index is 11.8. The molecule has 0 aliphatic heterocycles. The maximum absolute atomic E-state index is 11.8. The molecule has 1 amide bonds. The molecule has 0 aliphatic rings. The monoisotopic (exact) mass is 370 g/mol. The summed E-state index contributed by atoms with van der Waals surface area (Å²) in [6, 6.07) is 12.1. The van der Waals surface area contributed by atoms with Gasteiger partial charge in [-0.2, -0.15) is 0 Å². The highest BCUT2D eigenvalue weighted by molar-refractivity contribution is 5.75. The first kappa shape index (κ1) is 20.6. The average molecular weight is 370 g/mol. The highest BCUT2D eigenvalue weighted by Crippen LogP contribution is 2.34. The Morgan fingerprint density at radius 2 is 1.81 bits per heavy atom. The second-order valence-electron chi connectivity index (χ2n) is 7.81. The number of nitrogens with one attached hydrogen (secondary N) is 1. The number of hydrogen-bond donors (Lipinski definition) is 2. The lowest BCUT2D eigenvalue weighted by molar-refractivity contribution is 0.0525. The van der Waals surface area contributed by atoms with Crippen LogP contribution in [0.15, 0.2) is 36.4 Å². The molecule has 0 fully saturated rings. The summed E-state index contributed by atoms with van der Waals surface area (Å²) in [6.07, 6.45) is -0.397. The molecule has 0 heterocycles. The predicted molar refractivity (Wildman–Crippen MR) is 110 cm³/mol. The van der Waals surface area contributed by atoms with Gasteiger partial charge >= 0.3 is 6.09 Å². The summed E-state index contributed by atoms with van der Waals surface area (Å²) in [5, 5.41) is 2.82. The molecule has 2 rings (SSSR count). The van der Waals surface area contributed by atoms with Crippen LogP contribution in [0.1, 0.15) is 44.7 Å². The number of carbonyl (C=O) groups is 1. The number of rotatable bonds is 5. The molecular weight excluding hydrogens is 340 g/mol. The van der Waals surface area contributed by atoms with E-state index in [9.17, 15) is 4.79 Å². The zero-order valence-electron chi connectivity index (χ0n) is 17.1. The number of benzene rings is 2. The molecule has 0 radical (unpaired) electrons. The van der Waals surface area contributed by atoms with Gasteiger partial charge in [0.05, 0.1) is 7.11 Å². The van der Waals surface area contributed by atoms with Gasteiger partial charge in [-0.05, 0) is 62.4 Å². The molecule has 5 nitrogen and oxygen atoms in total. The van der Waals surface area contributed by atoms with Gasteiger partial charge in [-0.25, -0.2) is 4.79 Å².